The molecule has 0 radical (unpaired) electrons. The molecule has 1 heterocycles. The van der Waals surface area contributed by atoms with Gasteiger partial charge in [-0.2, -0.15) is 0 Å². The van der Waals surface area contributed by atoms with Crippen molar-refractivity contribution >= 4 is 29.0 Å². The van der Waals surface area contributed by atoms with Gasteiger partial charge in [-0.05, 0) is 26.0 Å². The van der Waals surface area contributed by atoms with Crippen LogP contribution in [0.4, 0.5) is 0 Å². The van der Waals surface area contributed by atoms with Crippen LogP contribution in [0.5, 0.6) is 0 Å². The average Bonchev–Trinajstić information content (AvgIpc) is 2.91. The molecule has 22 heavy (non-hydrogen) atoms. The topological polar surface area (TPSA) is 80.1 Å². The van der Waals surface area contributed by atoms with Crippen molar-refractivity contribution in [2.45, 2.75) is 26.2 Å². The van der Waals surface area contributed by atoms with Gasteiger partial charge >= 0.3 is 11.9 Å². The lowest BCUT2D eigenvalue weighted by Gasteiger charge is -2.12. The molecule has 114 valence electrons. The first-order valence-corrected chi connectivity index (χ1v) is 7.62. The van der Waals surface area contributed by atoms with Crippen molar-refractivity contribution < 1.29 is 14.3 Å². The highest BCUT2D eigenvalue weighted by Gasteiger charge is 2.23. The van der Waals surface area contributed by atoms with Crippen LogP contribution in [0, 0.1) is 12.3 Å². The summed E-state index contributed by atoms with van der Waals surface area (Å²) < 4.78 is 4.85. The third kappa shape index (κ3) is 4.08. The minimum absolute atomic E-state index is 0.0686. The van der Waals surface area contributed by atoms with E-state index >= 15 is 0 Å². The summed E-state index contributed by atoms with van der Waals surface area (Å²) in [6, 6.07) is 8.34. The number of hydrogen-bond donors (Lipinski definition) is 1. The van der Waals surface area contributed by atoms with Crippen LogP contribution in [0.1, 0.15) is 40.3 Å². The van der Waals surface area contributed by atoms with E-state index in [1.807, 2.05) is 12.3 Å². The monoisotopic (exact) mass is 316 g/mol. The highest BCUT2D eigenvalue weighted by molar-refractivity contribution is 7.09. The summed E-state index contributed by atoms with van der Waals surface area (Å²) in [5.74, 6) is -1.78. The van der Waals surface area contributed by atoms with Gasteiger partial charge in [-0.15, -0.1) is 11.3 Å². The van der Waals surface area contributed by atoms with Gasteiger partial charge in [0.25, 0.3) is 0 Å². The first-order chi connectivity index (χ1) is 10.5. The van der Waals surface area contributed by atoms with E-state index in [0.717, 1.165) is 5.69 Å². The Bertz CT molecular complexity index is 694. The van der Waals surface area contributed by atoms with E-state index in [9.17, 15) is 9.59 Å². The number of ether oxygens (including phenoxy) is 1. The Hall–Kier alpha value is -2.34. The molecule has 1 atom stereocenters. The smallest absolute Gasteiger partial charge is 0.345 e. The van der Waals surface area contributed by atoms with Crippen LogP contribution in [-0.4, -0.2) is 22.6 Å². The summed E-state index contributed by atoms with van der Waals surface area (Å²) in [7, 11) is 0. The predicted octanol–water partition coefficient (Wildman–Crippen LogP) is 3.35. The van der Waals surface area contributed by atoms with Crippen molar-refractivity contribution in [3.05, 3.63) is 52.0 Å². The fourth-order valence-electron chi connectivity index (χ4n) is 1.90. The predicted molar refractivity (Wildman–Crippen MR) is 84.5 cm³/mol. The number of thiazole rings is 1. The van der Waals surface area contributed by atoms with Crippen LogP contribution in [0.3, 0.4) is 0 Å². The molecule has 1 aromatic carbocycles. The molecule has 0 fully saturated rings. The van der Waals surface area contributed by atoms with Crippen molar-refractivity contribution in [3.63, 3.8) is 0 Å². The highest BCUT2D eigenvalue weighted by atomic mass is 32.1. The zero-order valence-electron chi connectivity index (χ0n) is 12.3. The number of hydrogen-bond acceptors (Lipinski definition) is 6. The minimum atomic E-state index is -0.678. The Kier molecular flexibility index (Phi) is 5.16. The Labute approximate surface area is 132 Å². The summed E-state index contributed by atoms with van der Waals surface area (Å²) in [6.07, 6.45) is -0.0686. The second-order valence-corrected chi connectivity index (χ2v) is 5.78. The van der Waals surface area contributed by atoms with Crippen molar-refractivity contribution in [3.8, 4) is 0 Å². The second kappa shape index (κ2) is 7.09. The molecule has 2 aromatic rings. The van der Waals surface area contributed by atoms with Gasteiger partial charge in [0.15, 0.2) is 0 Å². The number of carbonyl (C=O) groups is 2. The molecule has 1 aromatic heterocycles. The van der Waals surface area contributed by atoms with E-state index in [-0.39, 0.29) is 6.42 Å². The first kappa shape index (κ1) is 16.0. The molecule has 5 nitrogen and oxygen atoms in total. The molecule has 1 N–H and O–H groups in total. The molecule has 0 aliphatic heterocycles. The van der Waals surface area contributed by atoms with Gasteiger partial charge in [0.05, 0.1) is 17.9 Å². The number of nitrogens with zero attached hydrogens (tertiary/aromatic N) is 1. The second-order valence-electron chi connectivity index (χ2n) is 4.89. The van der Waals surface area contributed by atoms with Crippen LogP contribution < -0.4 is 0 Å². The normalized spacial score (nSPS) is 11.7. The van der Waals surface area contributed by atoms with E-state index in [1.54, 1.807) is 37.3 Å². The Morgan fingerprint density at radius 1 is 1.32 bits per heavy atom. The number of carbonyl (C=O) groups excluding carboxylic acids is 2. The Morgan fingerprint density at radius 3 is 2.55 bits per heavy atom. The van der Waals surface area contributed by atoms with E-state index in [2.05, 4.69) is 4.98 Å². The van der Waals surface area contributed by atoms with Crippen molar-refractivity contribution in [1.29, 1.82) is 5.41 Å². The quantitative estimate of drug-likeness (QED) is 0.521. The zero-order valence-corrected chi connectivity index (χ0v) is 13.1. The van der Waals surface area contributed by atoms with Gasteiger partial charge in [-0.25, -0.2) is 9.78 Å². The zero-order chi connectivity index (χ0) is 16.1. The maximum absolute atomic E-state index is 12.0. The Morgan fingerprint density at radius 2 is 2.00 bits per heavy atom. The van der Waals surface area contributed by atoms with Crippen LogP contribution >= 0.6 is 11.3 Å². The average molecular weight is 316 g/mol. The first-order valence-electron chi connectivity index (χ1n) is 6.74. The summed E-state index contributed by atoms with van der Waals surface area (Å²) in [5, 5.41) is 10.4. The van der Waals surface area contributed by atoms with E-state index < -0.39 is 17.9 Å². The molecule has 2 rings (SSSR count). The molecular weight excluding hydrogens is 300 g/mol. The Balaban J connectivity index is 2.03. The van der Waals surface area contributed by atoms with Gasteiger partial charge in [0.1, 0.15) is 5.01 Å². The lowest BCUT2D eigenvalue weighted by molar-refractivity contribution is -0.138. The third-order valence-corrected chi connectivity index (χ3v) is 4.12. The van der Waals surface area contributed by atoms with Gasteiger partial charge in [-0.1, -0.05) is 18.2 Å². The summed E-state index contributed by atoms with van der Waals surface area (Å²) in [4.78, 5) is 28.1. The van der Waals surface area contributed by atoms with Crippen molar-refractivity contribution in [1.82, 2.24) is 4.98 Å². The van der Waals surface area contributed by atoms with Crippen LogP contribution in [0.2, 0.25) is 0 Å². The maximum Gasteiger partial charge on any atom is 0.345 e. The number of aromatic nitrogens is 1. The van der Waals surface area contributed by atoms with E-state index in [1.165, 1.54) is 11.3 Å². The minimum Gasteiger partial charge on any atom is -0.389 e. The van der Waals surface area contributed by atoms with Crippen molar-refractivity contribution in [2.24, 2.45) is 0 Å². The number of rotatable bonds is 5. The molecule has 1 unspecified atom stereocenters. The molecule has 0 saturated carbocycles. The maximum atomic E-state index is 12.0. The molecular formula is C16H16N2O3S. The van der Waals surface area contributed by atoms with Gasteiger partial charge in [0, 0.05) is 16.8 Å². The summed E-state index contributed by atoms with van der Waals surface area (Å²) in [5.41, 5.74) is 1.49. The van der Waals surface area contributed by atoms with Crippen molar-refractivity contribution in [2.75, 3.05) is 0 Å². The van der Waals surface area contributed by atoms with Crippen LogP contribution in [0.15, 0.2) is 35.7 Å². The molecule has 0 aliphatic carbocycles. The van der Waals surface area contributed by atoms with E-state index in [0.29, 0.717) is 16.3 Å². The third-order valence-electron chi connectivity index (χ3n) is 3.04. The number of benzene rings is 1. The largest absolute Gasteiger partial charge is 0.389 e. The van der Waals surface area contributed by atoms with Crippen LogP contribution in [-0.2, 0) is 9.53 Å². The van der Waals surface area contributed by atoms with Gasteiger partial charge < -0.3 is 10.1 Å². The lowest BCUT2D eigenvalue weighted by atomic mass is 10.0. The fraction of sp³-hybridized carbons (Fsp3) is 0.250. The summed E-state index contributed by atoms with van der Waals surface area (Å²) in [6.45, 7) is 3.47. The van der Waals surface area contributed by atoms with Gasteiger partial charge in [0.2, 0.25) is 0 Å². The van der Waals surface area contributed by atoms with Gasteiger partial charge in [-0.3, -0.25) is 4.79 Å². The molecule has 0 bridgehead atoms. The number of aryl methyl sites for hydroxylation is 1. The summed E-state index contributed by atoms with van der Waals surface area (Å²) >= 11 is 1.40. The van der Waals surface area contributed by atoms with E-state index in [4.69, 9.17) is 10.1 Å². The molecule has 6 heteroatoms. The number of nitrogens with one attached hydrogen (secondary N) is 1. The fourth-order valence-corrected chi connectivity index (χ4v) is 2.87. The molecule has 0 saturated heterocycles. The molecule has 0 spiro atoms. The molecule has 0 aliphatic rings. The SMILES string of the molecule is CC(=N)C(CC(=O)OC(=O)c1ccccc1)c1nc(C)cs1. The number of esters is 2. The lowest BCUT2D eigenvalue weighted by Crippen LogP contribution is -2.18. The highest BCUT2D eigenvalue weighted by Crippen LogP contribution is 2.25. The standard InChI is InChI=1S/C16H16N2O3S/c1-10-9-22-15(18-10)13(11(2)17)8-14(19)21-16(20)12-6-4-3-5-7-12/h3-7,9,13,17H,8H2,1-2H3. The van der Waals surface area contributed by atoms with Crippen LogP contribution in [0.25, 0.3) is 0 Å². The molecule has 0 amide bonds.